The van der Waals surface area contributed by atoms with E-state index in [4.69, 9.17) is 23.7 Å². The van der Waals surface area contributed by atoms with Crippen molar-refractivity contribution < 1.29 is 58.2 Å². The smallest absolute Gasteiger partial charge is 0.335 e. The maximum Gasteiger partial charge on any atom is 0.335 e. The van der Waals surface area contributed by atoms with E-state index in [9.17, 15) is 34.5 Å². The van der Waals surface area contributed by atoms with Crippen LogP contribution in [0.5, 0.6) is 0 Å². The maximum absolute atomic E-state index is 13.1. The highest BCUT2D eigenvalue weighted by atomic mass is 16.7. The van der Waals surface area contributed by atoms with E-state index in [1.807, 2.05) is 0 Å². The number of carboxylic acids is 1. The second kappa shape index (κ2) is 50.5. The van der Waals surface area contributed by atoms with E-state index < -0.39 is 67.3 Å². The Morgan fingerprint density at radius 3 is 1.36 bits per heavy atom. The topological polar surface area (TPSA) is 175 Å². The Morgan fingerprint density at radius 2 is 0.867 bits per heavy atom. The molecule has 6 atom stereocenters. The van der Waals surface area contributed by atoms with Crippen molar-refractivity contribution >= 4 is 23.9 Å². The third-order valence-corrected chi connectivity index (χ3v) is 12.6. The van der Waals surface area contributed by atoms with Crippen LogP contribution in [0.2, 0.25) is 0 Å². The summed E-state index contributed by atoms with van der Waals surface area (Å²) in [4.78, 5) is 51.1. The maximum atomic E-state index is 13.1. The van der Waals surface area contributed by atoms with Gasteiger partial charge in [0, 0.05) is 19.3 Å². The fourth-order valence-electron chi connectivity index (χ4n) is 8.13. The second-order valence-electron chi connectivity index (χ2n) is 19.5. The number of aliphatic hydroxyl groups is 2. The van der Waals surface area contributed by atoms with Gasteiger partial charge in [-0.05, 0) is 116 Å². The van der Waals surface area contributed by atoms with Crippen LogP contribution in [0.4, 0.5) is 0 Å². The molecule has 12 nitrogen and oxygen atoms in total. The summed E-state index contributed by atoms with van der Waals surface area (Å²) >= 11 is 0. The number of allylic oxidation sites excluding steroid dienone is 16. The average molecular weight is 1050 g/mol. The lowest BCUT2D eigenvalue weighted by Crippen LogP contribution is -2.61. The molecule has 0 aromatic carbocycles. The third-order valence-electron chi connectivity index (χ3n) is 12.6. The molecule has 3 N–H and O–H groups in total. The minimum atomic E-state index is -1.92. The molecule has 1 fully saturated rings. The van der Waals surface area contributed by atoms with Gasteiger partial charge in [-0.3, -0.25) is 14.4 Å². The molecule has 0 amide bonds. The van der Waals surface area contributed by atoms with Crippen molar-refractivity contribution in [3.8, 4) is 0 Å². The zero-order chi connectivity index (χ0) is 54.7. The minimum absolute atomic E-state index is 0.0342. The molecule has 0 radical (unpaired) electrons. The molecule has 1 rings (SSSR count). The second-order valence-corrected chi connectivity index (χ2v) is 19.5. The number of hydrogen-bond acceptors (Lipinski definition) is 11. The zero-order valence-electron chi connectivity index (χ0n) is 46.8. The van der Waals surface area contributed by atoms with Crippen LogP contribution < -0.4 is 0 Å². The van der Waals surface area contributed by atoms with E-state index in [0.29, 0.717) is 19.3 Å². The summed E-state index contributed by atoms with van der Waals surface area (Å²) in [5, 5.41) is 31.4. The fraction of sp³-hybridized carbons (Fsp3) is 0.683. The first-order valence-electron chi connectivity index (χ1n) is 29.2. The van der Waals surface area contributed by atoms with Gasteiger partial charge >= 0.3 is 23.9 Å². The van der Waals surface area contributed by atoms with Gasteiger partial charge in [-0.1, -0.05) is 189 Å². The van der Waals surface area contributed by atoms with Gasteiger partial charge in [0.2, 0.25) is 0 Å². The first-order chi connectivity index (χ1) is 36.6. The van der Waals surface area contributed by atoms with Crippen molar-refractivity contribution in [3.05, 3.63) is 97.2 Å². The quantitative estimate of drug-likeness (QED) is 0.0228. The molecule has 0 saturated carbocycles. The highest BCUT2D eigenvalue weighted by Gasteiger charge is 2.50. The molecule has 0 spiro atoms. The molecule has 1 aliphatic rings. The Balaban J connectivity index is 2.74. The van der Waals surface area contributed by atoms with Crippen molar-refractivity contribution in [2.75, 3.05) is 13.2 Å². The summed E-state index contributed by atoms with van der Waals surface area (Å²) in [5.74, 6) is -3.21. The standard InChI is InChI=1S/C63H102O12/c1-4-7-10-13-16-19-22-25-27-28-30-32-34-37-40-43-46-49-55(64)71-52-54(73-56(65)50-47-44-41-38-36-33-29-26-23-20-17-14-11-8-5-2)53-72-63-61(59(68)58(67)60(75-63)62(69)70)74-57(66)51-48-45-42-39-35-31-24-21-18-15-12-9-6-3/h8,11-12,15-17,19-21,24-27,29,36,38,54,58-61,63,67-68H,4-7,9-10,13-14,18,22-23,28,30-35,37,39-53H2,1-3H3,(H,69,70)/b11-8-,15-12-,19-16-,20-17-,24-21-,27-25-,29-26-,38-36-. The normalized spacial score (nSPS) is 18.9. The number of ether oxygens (including phenoxy) is 5. The van der Waals surface area contributed by atoms with Gasteiger partial charge in [0.25, 0.3) is 0 Å². The number of aliphatic carboxylic acids is 1. The highest BCUT2D eigenvalue weighted by Crippen LogP contribution is 2.26. The molecule has 426 valence electrons. The number of rotatable bonds is 48. The largest absolute Gasteiger partial charge is 0.479 e. The lowest BCUT2D eigenvalue weighted by molar-refractivity contribution is -0.301. The summed E-state index contributed by atoms with van der Waals surface area (Å²) in [6, 6.07) is 0. The van der Waals surface area contributed by atoms with Gasteiger partial charge in [0.05, 0.1) is 6.61 Å². The number of aliphatic hydroxyl groups excluding tert-OH is 2. The van der Waals surface area contributed by atoms with Crippen LogP contribution in [0.15, 0.2) is 97.2 Å². The van der Waals surface area contributed by atoms with E-state index in [1.54, 1.807) is 0 Å². The Kier molecular flexibility index (Phi) is 46.2. The van der Waals surface area contributed by atoms with Gasteiger partial charge in [0.15, 0.2) is 24.6 Å². The molecular formula is C63H102O12. The van der Waals surface area contributed by atoms with E-state index >= 15 is 0 Å². The van der Waals surface area contributed by atoms with Crippen molar-refractivity contribution in [2.24, 2.45) is 0 Å². The Morgan fingerprint density at radius 1 is 0.453 bits per heavy atom. The predicted octanol–water partition coefficient (Wildman–Crippen LogP) is 14.9. The molecule has 6 unspecified atom stereocenters. The Labute approximate surface area is 453 Å². The van der Waals surface area contributed by atoms with Gasteiger partial charge in [0.1, 0.15) is 18.8 Å². The zero-order valence-corrected chi connectivity index (χ0v) is 46.8. The van der Waals surface area contributed by atoms with E-state index in [-0.39, 0.29) is 25.9 Å². The highest BCUT2D eigenvalue weighted by molar-refractivity contribution is 5.74. The van der Waals surface area contributed by atoms with Crippen LogP contribution in [0.25, 0.3) is 0 Å². The SMILES string of the molecule is CC/C=C\C/C=C\C/C=C\C/C=C\CCCCC(=O)OC(COC(=O)CCCCCCCCC/C=C\C/C=C\CCCCC)COC1OC(C(=O)O)C(O)C(O)C1OC(=O)CCCCCCC/C=C\C/C=C\CCC. The molecule has 1 aliphatic heterocycles. The van der Waals surface area contributed by atoms with Crippen LogP contribution in [0.1, 0.15) is 226 Å². The average Bonchev–Trinajstić information content (AvgIpc) is 3.39. The van der Waals surface area contributed by atoms with Crippen molar-refractivity contribution in [1.82, 2.24) is 0 Å². The van der Waals surface area contributed by atoms with Gasteiger partial charge < -0.3 is 39.0 Å². The molecule has 12 heteroatoms. The van der Waals surface area contributed by atoms with Gasteiger partial charge in [-0.15, -0.1) is 0 Å². The number of carboxylic acid groups (broad SMARTS) is 1. The Bertz CT molecular complexity index is 1670. The number of esters is 3. The molecule has 0 bridgehead atoms. The van der Waals surface area contributed by atoms with Crippen LogP contribution in [0, 0.1) is 0 Å². The third kappa shape index (κ3) is 40.6. The fourth-order valence-corrected chi connectivity index (χ4v) is 8.13. The van der Waals surface area contributed by atoms with Crippen molar-refractivity contribution in [1.29, 1.82) is 0 Å². The number of unbranched alkanes of at least 4 members (excludes halogenated alkanes) is 18. The lowest BCUT2D eigenvalue weighted by atomic mass is 9.98. The van der Waals surface area contributed by atoms with Crippen molar-refractivity contribution in [2.45, 2.75) is 263 Å². The van der Waals surface area contributed by atoms with E-state index in [1.165, 1.54) is 38.5 Å². The lowest BCUT2D eigenvalue weighted by Gasteiger charge is -2.40. The molecule has 0 aromatic heterocycles. The van der Waals surface area contributed by atoms with Crippen LogP contribution in [0.3, 0.4) is 0 Å². The van der Waals surface area contributed by atoms with E-state index in [0.717, 1.165) is 128 Å². The summed E-state index contributed by atoms with van der Waals surface area (Å²) in [6.07, 6.45) is 53.8. The number of carbonyl (C=O) groups is 4. The Hall–Kier alpha value is -4.36. The van der Waals surface area contributed by atoms with Crippen molar-refractivity contribution in [3.63, 3.8) is 0 Å². The predicted molar refractivity (Wildman–Crippen MR) is 303 cm³/mol. The molecule has 0 aliphatic carbocycles. The number of hydrogen-bond donors (Lipinski definition) is 3. The first-order valence-corrected chi connectivity index (χ1v) is 29.2. The number of carbonyl (C=O) groups excluding carboxylic acids is 3. The van der Waals surface area contributed by atoms with Crippen LogP contribution in [-0.2, 0) is 42.9 Å². The summed E-state index contributed by atoms with van der Waals surface area (Å²) < 4.78 is 28.3. The summed E-state index contributed by atoms with van der Waals surface area (Å²) in [6.45, 7) is 5.73. The van der Waals surface area contributed by atoms with Crippen LogP contribution in [-0.4, -0.2) is 89.2 Å². The molecule has 75 heavy (non-hydrogen) atoms. The summed E-state index contributed by atoms with van der Waals surface area (Å²) in [7, 11) is 0. The van der Waals surface area contributed by atoms with Gasteiger partial charge in [-0.2, -0.15) is 0 Å². The first kappa shape index (κ1) is 68.7. The van der Waals surface area contributed by atoms with Gasteiger partial charge in [-0.25, -0.2) is 4.79 Å². The monoisotopic (exact) mass is 1050 g/mol. The minimum Gasteiger partial charge on any atom is -0.479 e. The molecule has 0 aromatic rings. The van der Waals surface area contributed by atoms with Crippen LogP contribution >= 0.6 is 0 Å². The molecule has 1 saturated heterocycles. The summed E-state index contributed by atoms with van der Waals surface area (Å²) in [5.41, 5.74) is 0. The molecular weight excluding hydrogens is 949 g/mol. The molecule has 1 heterocycles. The van der Waals surface area contributed by atoms with E-state index in [2.05, 4.69) is 118 Å².